The molecule has 2 aliphatic heterocycles. The molecule has 29 heavy (non-hydrogen) atoms. The lowest BCUT2D eigenvalue weighted by molar-refractivity contribution is -0.895. The summed E-state index contributed by atoms with van der Waals surface area (Å²) in [5.74, 6) is -0.440. The van der Waals surface area contributed by atoms with Crippen LogP contribution >= 0.6 is 0 Å². The molecular formula is C21H29N4O4+. The summed E-state index contributed by atoms with van der Waals surface area (Å²) >= 11 is 0. The van der Waals surface area contributed by atoms with Crippen LogP contribution in [0.25, 0.3) is 0 Å². The molecule has 0 atom stereocenters. The molecule has 0 radical (unpaired) electrons. The Morgan fingerprint density at radius 2 is 1.72 bits per heavy atom. The number of piperazine rings is 1. The Morgan fingerprint density at radius 1 is 1.07 bits per heavy atom. The molecular weight excluding hydrogens is 372 g/mol. The third-order valence-electron chi connectivity index (χ3n) is 5.61. The molecule has 8 nitrogen and oxygen atoms in total. The fourth-order valence-corrected chi connectivity index (χ4v) is 3.86. The van der Waals surface area contributed by atoms with E-state index in [1.165, 1.54) is 4.90 Å². The zero-order valence-electron chi connectivity index (χ0n) is 16.9. The first-order chi connectivity index (χ1) is 14.0. The molecule has 3 rings (SSSR count). The number of imide groups is 1. The zero-order valence-corrected chi connectivity index (χ0v) is 16.9. The molecule has 2 fully saturated rings. The van der Waals surface area contributed by atoms with Crippen molar-refractivity contribution in [3.8, 4) is 0 Å². The molecule has 8 heteroatoms. The second-order valence-corrected chi connectivity index (χ2v) is 7.56. The number of anilines is 1. The molecule has 0 unspecified atom stereocenters. The largest absolute Gasteiger partial charge is 0.331 e. The molecule has 0 spiro atoms. The van der Waals surface area contributed by atoms with Crippen LogP contribution in [0.1, 0.15) is 31.7 Å². The van der Waals surface area contributed by atoms with Crippen molar-refractivity contribution in [1.29, 1.82) is 0 Å². The van der Waals surface area contributed by atoms with Gasteiger partial charge in [0.2, 0.25) is 17.7 Å². The lowest BCUT2D eigenvalue weighted by Crippen LogP contribution is -3.15. The van der Waals surface area contributed by atoms with Crippen molar-refractivity contribution in [3.63, 3.8) is 0 Å². The highest BCUT2D eigenvalue weighted by Crippen LogP contribution is 2.15. The molecule has 2 N–H and O–H groups in total. The summed E-state index contributed by atoms with van der Waals surface area (Å²) in [6.45, 7) is 5.16. The van der Waals surface area contributed by atoms with Crippen LogP contribution in [0.4, 0.5) is 5.69 Å². The second kappa shape index (κ2) is 9.65. The normalized spacial score (nSPS) is 17.7. The maximum Gasteiger partial charge on any atom is 0.279 e. The topological polar surface area (TPSA) is 91.2 Å². The van der Waals surface area contributed by atoms with E-state index in [-0.39, 0.29) is 49.4 Å². The number of aryl methyl sites for hydroxylation is 1. The number of hydrogen-bond acceptors (Lipinski definition) is 4. The summed E-state index contributed by atoms with van der Waals surface area (Å²) in [5.41, 5.74) is 1.97. The monoisotopic (exact) mass is 401 g/mol. The number of quaternary nitrogens is 1. The van der Waals surface area contributed by atoms with Gasteiger partial charge in [-0.05, 0) is 18.1 Å². The van der Waals surface area contributed by atoms with E-state index >= 15 is 0 Å². The van der Waals surface area contributed by atoms with E-state index in [0.29, 0.717) is 32.7 Å². The minimum atomic E-state index is -0.187. The maximum atomic E-state index is 12.4. The first kappa shape index (κ1) is 21.0. The van der Waals surface area contributed by atoms with Gasteiger partial charge in [-0.1, -0.05) is 25.1 Å². The smallest absolute Gasteiger partial charge is 0.279 e. The highest BCUT2D eigenvalue weighted by atomic mass is 16.2. The highest BCUT2D eigenvalue weighted by Gasteiger charge is 2.30. The van der Waals surface area contributed by atoms with Gasteiger partial charge in [-0.2, -0.15) is 0 Å². The fourth-order valence-electron chi connectivity index (χ4n) is 3.86. The van der Waals surface area contributed by atoms with Crippen molar-refractivity contribution in [2.75, 3.05) is 44.6 Å². The van der Waals surface area contributed by atoms with E-state index in [0.717, 1.165) is 22.6 Å². The second-order valence-electron chi connectivity index (χ2n) is 7.56. The summed E-state index contributed by atoms with van der Waals surface area (Å²) in [5, 5.41) is 2.99. The van der Waals surface area contributed by atoms with Gasteiger partial charge in [0.05, 0.1) is 26.2 Å². The van der Waals surface area contributed by atoms with Crippen molar-refractivity contribution >= 4 is 29.3 Å². The van der Waals surface area contributed by atoms with Gasteiger partial charge < -0.3 is 15.1 Å². The maximum absolute atomic E-state index is 12.4. The summed E-state index contributed by atoms with van der Waals surface area (Å²) in [6, 6.07) is 7.80. The Balaban J connectivity index is 1.40. The van der Waals surface area contributed by atoms with Crippen molar-refractivity contribution in [2.24, 2.45) is 0 Å². The Kier molecular flexibility index (Phi) is 6.98. The van der Waals surface area contributed by atoms with E-state index in [1.54, 1.807) is 4.90 Å². The molecule has 156 valence electrons. The molecule has 4 amide bonds. The number of nitrogens with zero attached hydrogens (tertiary/aromatic N) is 2. The summed E-state index contributed by atoms with van der Waals surface area (Å²) < 4.78 is 0. The Labute approximate surface area is 170 Å². The van der Waals surface area contributed by atoms with Crippen LogP contribution in [0.2, 0.25) is 0 Å². The van der Waals surface area contributed by atoms with Gasteiger partial charge in [0, 0.05) is 31.5 Å². The molecule has 0 bridgehead atoms. The average molecular weight is 401 g/mol. The van der Waals surface area contributed by atoms with E-state index in [1.807, 2.05) is 24.3 Å². The van der Waals surface area contributed by atoms with E-state index in [9.17, 15) is 19.2 Å². The van der Waals surface area contributed by atoms with Gasteiger partial charge in [0.15, 0.2) is 6.54 Å². The van der Waals surface area contributed by atoms with Gasteiger partial charge in [0.25, 0.3) is 5.91 Å². The van der Waals surface area contributed by atoms with Crippen LogP contribution in [0.3, 0.4) is 0 Å². The quantitative estimate of drug-likeness (QED) is 0.600. The van der Waals surface area contributed by atoms with Crippen LogP contribution in [0, 0.1) is 0 Å². The predicted molar refractivity (Wildman–Crippen MR) is 107 cm³/mol. The molecule has 0 aromatic heterocycles. The van der Waals surface area contributed by atoms with Crippen molar-refractivity contribution in [3.05, 3.63) is 29.8 Å². The third-order valence-corrected chi connectivity index (χ3v) is 5.61. The summed E-state index contributed by atoms with van der Waals surface area (Å²) in [6.07, 6.45) is 1.53. The van der Waals surface area contributed by atoms with Crippen LogP contribution < -0.4 is 10.2 Å². The Bertz CT molecular complexity index is 771. The summed E-state index contributed by atoms with van der Waals surface area (Å²) in [7, 11) is 0. The van der Waals surface area contributed by atoms with Gasteiger partial charge in [0.1, 0.15) is 0 Å². The predicted octanol–water partition coefficient (Wildman–Crippen LogP) is -0.546. The number of benzene rings is 1. The minimum absolute atomic E-state index is 0.0215. The number of carbonyl (C=O) groups excluding carboxylic acids is 4. The number of nitrogens with one attached hydrogen (secondary N) is 2. The van der Waals surface area contributed by atoms with Crippen LogP contribution in [0.5, 0.6) is 0 Å². The van der Waals surface area contributed by atoms with Crippen LogP contribution in [-0.4, -0.2) is 72.7 Å². The Morgan fingerprint density at radius 3 is 2.38 bits per heavy atom. The van der Waals surface area contributed by atoms with Crippen molar-refractivity contribution in [2.45, 2.75) is 32.6 Å². The number of amides is 4. The van der Waals surface area contributed by atoms with Crippen molar-refractivity contribution in [1.82, 2.24) is 9.80 Å². The van der Waals surface area contributed by atoms with E-state index in [4.69, 9.17) is 0 Å². The van der Waals surface area contributed by atoms with Crippen LogP contribution in [-0.2, 0) is 25.6 Å². The number of carbonyl (C=O) groups is 4. The lowest BCUT2D eigenvalue weighted by atomic mass is 10.1. The first-order valence-corrected chi connectivity index (χ1v) is 10.3. The molecule has 2 saturated heterocycles. The molecule has 2 aliphatic rings. The van der Waals surface area contributed by atoms with E-state index < -0.39 is 0 Å². The van der Waals surface area contributed by atoms with Crippen LogP contribution in [0.15, 0.2) is 24.3 Å². The Hall–Kier alpha value is -2.74. The molecule has 1 aromatic carbocycles. The molecule has 1 aromatic rings. The number of hydrogen-bond donors (Lipinski definition) is 2. The van der Waals surface area contributed by atoms with Gasteiger partial charge in [-0.3, -0.25) is 24.1 Å². The third kappa shape index (κ3) is 5.41. The number of likely N-dealkylation sites (tertiary alicyclic amines) is 1. The number of para-hydroxylation sites is 1. The molecule has 0 saturated carbocycles. The minimum Gasteiger partial charge on any atom is -0.331 e. The van der Waals surface area contributed by atoms with Gasteiger partial charge in [-0.15, -0.1) is 0 Å². The first-order valence-electron chi connectivity index (χ1n) is 10.3. The standard InChI is InChI=1S/C21H28N4O4/c1-2-16-5-3-4-6-17(16)22-18(26)15-23-11-13-24(14-12-23)19(27)9-10-25-20(28)7-8-21(25)29/h3-6H,2,7-15H2,1H3,(H,22,26)/p+1. The van der Waals surface area contributed by atoms with Gasteiger partial charge in [-0.25, -0.2) is 0 Å². The lowest BCUT2D eigenvalue weighted by Gasteiger charge is -2.32. The fraction of sp³-hybridized carbons (Fsp3) is 0.524. The van der Waals surface area contributed by atoms with E-state index in [2.05, 4.69) is 12.2 Å². The zero-order chi connectivity index (χ0) is 20.8. The number of rotatable bonds is 7. The highest BCUT2D eigenvalue weighted by molar-refractivity contribution is 6.02. The average Bonchev–Trinajstić information content (AvgIpc) is 3.04. The summed E-state index contributed by atoms with van der Waals surface area (Å²) in [4.78, 5) is 52.1. The molecule has 2 heterocycles. The molecule has 0 aliphatic carbocycles. The van der Waals surface area contributed by atoms with Gasteiger partial charge >= 0.3 is 0 Å². The van der Waals surface area contributed by atoms with Crippen molar-refractivity contribution < 1.29 is 24.1 Å². The SMILES string of the molecule is CCc1ccccc1NC(=O)C[NH+]1CCN(C(=O)CCN2C(=O)CCC2=O)CC1.